The summed E-state index contributed by atoms with van der Waals surface area (Å²) in [5.74, 6) is 3.54. The molecule has 0 heterocycles. The lowest BCUT2D eigenvalue weighted by atomic mass is 9.67. The van der Waals surface area contributed by atoms with Gasteiger partial charge < -0.3 is 37.9 Å². The maximum atomic E-state index is 13.6. The standard InChI is InChI=1S/C80H98INO14S3/c1-59-15-35-69(36-16-59)97(83,84)71-39-27-65(28-40-71)95-67-31-43-73(44-32-67)99(87,88)74-45-33-68(34-46-74)96-66-29-41-72(42-30-66)98(85,86)70-37-25-64(26-38-70)94-54-51-91-50-53-93-63-23-19-61(20-24-63)78(8,9)56-76(4,5)58-80(12,13)82-81-79(10,11)57-75(2,3)55-77(6,7)60-17-21-62(22-18-60)92-52-49-90-48-47-89-14/h15-46H,47-58H2,1-14H3. The van der Waals surface area contributed by atoms with Crippen molar-refractivity contribution >= 4 is 50.5 Å². The SMILES string of the molecule is COCCOCCOc1ccc(C(C)(C)CC(C)(C)CC(C)(C)I=NC(C)(C)CC(C)(C)CC(C)(C)c2ccc(OCCOCCOc3ccc(S(=O)(=O)c4ccc(Oc5ccc(S(=O)(=O)c6ccc(Oc7ccc(S(=O)(=O)c8ccc(C)cc8)cc7)cc6)cc5)cc4)cc3)cc2)cc1. The van der Waals surface area contributed by atoms with Crippen molar-refractivity contribution in [1.29, 1.82) is 0 Å². The van der Waals surface area contributed by atoms with Gasteiger partial charge in [0.1, 0.15) is 60.1 Å². The number of benzene rings is 8. The maximum absolute atomic E-state index is 13.6. The molecular weight excluding hydrogens is 1420 g/mol. The van der Waals surface area contributed by atoms with Crippen LogP contribution in [0, 0.1) is 17.8 Å². The number of methoxy groups -OCH3 is 1. The van der Waals surface area contributed by atoms with Gasteiger partial charge in [0.15, 0.2) is 0 Å². The van der Waals surface area contributed by atoms with Gasteiger partial charge in [-0.3, -0.25) is 3.15 Å². The fourth-order valence-corrected chi connectivity index (χ4v) is 19.6. The molecule has 8 rings (SSSR count). The second-order valence-electron chi connectivity index (χ2n) is 29.2. The van der Waals surface area contributed by atoms with Crippen molar-refractivity contribution in [3.05, 3.63) is 211 Å². The molecule has 8 aromatic carbocycles. The average molecular weight is 1520 g/mol. The Morgan fingerprint density at radius 3 is 0.889 bits per heavy atom. The minimum Gasteiger partial charge on any atom is -0.491 e. The highest BCUT2D eigenvalue weighted by Crippen LogP contribution is 2.48. The fourth-order valence-electron chi connectivity index (χ4n) is 13.2. The summed E-state index contributed by atoms with van der Waals surface area (Å²) in [6.07, 6.45) is 4.16. The lowest BCUT2D eigenvalue weighted by molar-refractivity contribution is 0.0544. The van der Waals surface area contributed by atoms with Gasteiger partial charge in [-0.1, -0.05) is 97.4 Å². The number of sulfone groups is 3. The van der Waals surface area contributed by atoms with Gasteiger partial charge in [-0.15, -0.1) is 0 Å². The molecule has 0 atom stereocenters. The molecule has 0 aliphatic heterocycles. The van der Waals surface area contributed by atoms with Crippen LogP contribution in [0.4, 0.5) is 0 Å². The van der Waals surface area contributed by atoms with E-state index in [1.807, 2.05) is 19.1 Å². The number of halogens is 1. The molecule has 15 nitrogen and oxygen atoms in total. The van der Waals surface area contributed by atoms with Crippen LogP contribution in [0.2, 0.25) is 0 Å². The third-order valence-corrected chi connectivity index (χ3v) is 25.4. The summed E-state index contributed by atoms with van der Waals surface area (Å²) in [4.78, 5) is 0.531. The smallest absolute Gasteiger partial charge is 0.206 e. The van der Waals surface area contributed by atoms with Gasteiger partial charge in [0, 0.05) is 10.5 Å². The Morgan fingerprint density at radius 2 is 0.586 bits per heavy atom. The van der Waals surface area contributed by atoms with Crippen LogP contribution < -0.4 is 23.7 Å². The minimum atomic E-state index is -3.93. The molecule has 0 unspecified atom stereocenters. The summed E-state index contributed by atoms with van der Waals surface area (Å²) in [7, 11) is -9.85. The predicted octanol–water partition coefficient (Wildman–Crippen LogP) is 19.2. The van der Waals surface area contributed by atoms with Crippen molar-refractivity contribution in [1.82, 2.24) is 0 Å². The van der Waals surface area contributed by atoms with Gasteiger partial charge in [-0.2, -0.15) is 0 Å². The Bertz CT molecular complexity index is 4270. The van der Waals surface area contributed by atoms with Crippen LogP contribution in [0.25, 0.3) is 0 Å². The molecular formula is C80H98INO14S3. The van der Waals surface area contributed by atoms with Crippen molar-refractivity contribution in [2.75, 3.05) is 60.0 Å². The molecule has 0 N–H and O–H groups in total. The molecule has 0 fully saturated rings. The summed E-state index contributed by atoms with van der Waals surface area (Å²) in [6, 6.07) is 53.5. The molecule has 0 aromatic heterocycles. The third-order valence-electron chi connectivity index (χ3n) is 16.8. The summed E-state index contributed by atoms with van der Waals surface area (Å²) < 4.78 is 132. The van der Waals surface area contributed by atoms with Crippen molar-refractivity contribution < 1.29 is 63.1 Å². The highest BCUT2D eigenvalue weighted by atomic mass is 127. The fraction of sp³-hybridized carbons (Fsp3) is 0.400. The molecule has 0 saturated carbocycles. The van der Waals surface area contributed by atoms with Gasteiger partial charge in [0.2, 0.25) is 29.5 Å². The number of nitrogens with zero attached hydrogens (tertiary/aromatic N) is 1. The number of alkyl halides is 1. The van der Waals surface area contributed by atoms with Crippen LogP contribution >= 0.6 is 21.0 Å². The summed E-state index contributed by atoms with van der Waals surface area (Å²) in [5, 5.41) is 0. The Balaban J connectivity index is 0.715. The Morgan fingerprint density at radius 1 is 0.323 bits per heavy atom. The van der Waals surface area contributed by atoms with Crippen molar-refractivity contribution in [3.8, 4) is 40.2 Å². The van der Waals surface area contributed by atoms with E-state index in [4.69, 9.17) is 41.0 Å². The van der Waals surface area contributed by atoms with Gasteiger partial charge in [0.25, 0.3) is 0 Å². The number of aryl methyl sites for hydroxylation is 1. The molecule has 0 saturated heterocycles. The van der Waals surface area contributed by atoms with Crippen LogP contribution in [-0.2, 0) is 54.6 Å². The van der Waals surface area contributed by atoms with Crippen LogP contribution in [-0.4, -0.2) is 94.2 Å². The zero-order chi connectivity index (χ0) is 71.9. The molecule has 0 aliphatic carbocycles. The first-order chi connectivity index (χ1) is 46.6. The van der Waals surface area contributed by atoms with E-state index < -0.39 is 50.5 Å². The lowest BCUT2D eigenvalue weighted by Crippen LogP contribution is -2.33. The lowest BCUT2D eigenvalue weighted by Gasteiger charge is -2.40. The number of rotatable bonds is 37. The Kier molecular flexibility index (Phi) is 26.1. The van der Waals surface area contributed by atoms with Crippen molar-refractivity contribution in [3.63, 3.8) is 0 Å². The van der Waals surface area contributed by atoms with E-state index in [1.54, 1.807) is 43.5 Å². The van der Waals surface area contributed by atoms with E-state index in [9.17, 15) is 25.3 Å². The first-order valence-electron chi connectivity index (χ1n) is 33.4. The number of hydrogen-bond donors (Lipinski definition) is 0. The normalized spacial score (nSPS) is 13.0. The molecule has 0 aliphatic rings. The first-order valence-corrected chi connectivity index (χ1v) is 39.8. The Labute approximate surface area is 599 Å². The second kappa shape index (κ2) is 33.2. The number of hydrogen-bond acceptors (Lipinski definition) is 15. The molecule has 0 radical (unpaired) electrons. The van der Waals surface area contributed by atoms with E-state index in [0.29, 0.717) is 75.0 Å². The Hall–Kier alpha value is -6.98. The topological polar surface area (TPSA) is 189 Å². The summed E-state index contributed by atoms with van der Waals surface area (Å²) in [5.41, 5.74) is 3.45. The zero-order valence-electron chi connectivity index (χ0n) is 59.7. The van der Waals surface area contributed by atoms with Gasteiger partial charge >= 0.3 is 0 Å². The van der Waals surface area contributed by atoms with Gasteiger partial charge in [-0.05, 0) is 272 Å². The van der Waals surface area contributed by atoms with Crippen LogP contribution in [0.5, 0.6) is 40.2 Å². The molecule has 532 valence electrons. The van der Waals surface area contributed by atoms with Gasteiger partial charge in [-0.25, -0.2) is 25.3 Å². The monoisotopic (exact) mass is 1520 g/mol. The molecule has 8 aromatic rings. The number of ether oxygens (including phenoxy) is 8. The van der Waals surface area contributed by atoms with Crippen molar-refractivity contribution in [2.24, 2.45) is 14.0 Å². The van der Waals surface area contributed by atoms with Crippen LogP contribution in [0.3, 0.4) is 0 Å². The van der Waals surface area contributed by atoms with Crippen LogP contribution in [0.15, 0.2) is 227 Å². The largest absolute Gasteiger partial charge is 0.491 e. The van der Waals surface area contributed by atoms with E-state index in [0.717, 1.165) is 42.7 Å². The molecule has 99 heavy (non-hydrogen) atoms. The maximum Gasteiger partial charge on any atom is 0.206 e. The minimum absolute atomic E-state index is 0.00527. The van der Waals surface area contributed by atoms with E-state index in [1.165, 1.54) is 120 Å². The predicted molar refractivity (Wildman–Crippen MR) is 399 cm³/mol. The average Bonchev–Trinajstić information content (AvgIpc) is 0.819. The highest BCUT2D eigenvalue weighted by Gasteiger charge is 2.38. The second-order valence-corrected chi connectivity index (χ2v) is 38.9. The molecule has 0 bridgehead atoms. The van der Waals surface area contributed by atoms with E-state index in [-0.39, 0.29) is 66.6 Å². The summed E-state index contributed by atoms with van der Waals surface area (Å²) in [6.45, 7) is 33.8. The molecule has 0 spiro atoms. The summed E-state index contributed by atoms with van der Waals surface area (Å²) >= 11 is -0.450. The van der Waals surface area contributed by atoms with Crippen molar-refractivity contribution in [2.45, 2.75) is 165 Å². The van der Waals surface area contributed by atoms with E-state index >= 15 is 0 Å². The van der Waals surface area contributed by atoms with E-state index in [2.05, 4.69) is 119 Å². The third kappa shape index (κ3) is 22.8. The zero-order valence-corrected chi connectivity index (χ0v) is 64.3. The van der Waals surface area contributed by atoms with Crippen LogP contribution in [0.1, 0.15) is 125 Å². The quantitative estimate of drug-likeness (QED) is 0.0203. The highest BCUT2D eigenvalue weighted by molar-refractivity contribution is 14.2. The first kappa shape index (κ1) is 77.8. The molecule has 19 heteroatoms. The molecule has 0 amide bonds. The van der Waals surface area contributed by atoms with Gasteiger partial charge in [0.05, 0.1) is 67.9 Å².